The smallest absolute Gasteiger partial charge is 0.258 e. The molecule has 0 spiro atoms. The van der Waals surface area contributed by atoms with Gasteiger partial charge in [0.05, 0.1) is 5.69 Å². The largest absolute Gasteiger partial charge is 0.303 e. The van der Waals surface area contributed by atoms with Crippen LogP contribution in [0.4, 0.5) is 5.95 Å². The maximum Gasteiger partial charge on any atom is 0.258 e. The fourth-order valence-electron chi connectivity index (χ4n) is 5.16. The van der Waals surface area contributed by atoms with Crippen molar-refractivity contribution in [3.05, 3.63) is 96.6 Å². The molecule has 0 aliphatic carbocycles. The molecule has 6 heteroatoms. The van der Waals surface area contributed by atoms with Crippen LogP contribution in [0.5, 0.6) is 0 Å². The summed E-state index contributed by atoms with van der Waals surface area (Å²) in [5.41, 5.74) is 4.59. The average Bonchev–Trinajstić information content (AvgIpc) is 3.38. The van der Waals surface area contributed by atoms with Gasteiger partial charge < -0.3 is 4.90 Å². The van der Waals surface area contributed by atoms with Crippen LogP contribution in [0.2, 0.25) is 0 Å². The number of nitrogens with zero attached hydrogens (tertiary/aromatic N) is 4. The van der Waals surface area contributed by atoms with Crippen LogP contribution in [-0.4, -0.2) is 45.0 Å². The van der Waals surface area contributed by atoms with Crippen LogP contribution >= 0.6 is 0 Å². The number of carbonyl (C=O) groups is 1. The second-order valence-corrected chi connectivity index (χ2v) is 10.1. The third-order valence-corrected chi connectivity index (χ3v) is 7.26. The Balaban J connectivity index is 1.22. The highest BCUT2D eigenvalue weighted by Crippen LogP contribution is 2.22. The van der Waals surface area contributed by atoms with E-state index in [1.807, 2.05) is 71.3 Å². The molecule has 1 N–H and O–H groups in total. The van der Waals surface area contributed by atoms with Crippen molar-refractivity contribution in [2.75, 3.05) is 25.0 Å². The molecule has 2 aromatic heterocycles. The first-order valence-corrected chi connectivity index (χ1v) is 13.9. The second-order valence-electron chi connectivity index (χ2n) is 10.1. The van der Waals surface area contributed by atoms with Crippen LogP contribution in [0.1, 0.15) is 61.0 Å². The molecule has 6 nitrogen and oxygen atoms in total. The highest BCUT2D eigenvalue weighted by atomic mass is 16.1. The molecule has 0 bridgehead atoms. The molecule has 196 valence electrons. The predicted octanol–water partition coefficient (Wildman–Crippen LogP) is 6.78. The van der Waals surface area contributed by atoms with Gasteiger partial charge in [0, 0.05) is 29.8 Å². The van der Waals surface area contributed by atoms with Gasteiger partial charge >= 0.3 is 0 Å². The van der Waals surface area contributed by atoms with E-state index in [1.54, 1.807) is 12.4 Å². The molecule has 0 atom stereocenters. The molecule has 1 aliphatic rings. The first-order valence-electron chi connectivity index (χ1n) is 13.9. The van der Waals surface area contributed by atoms with Crippen molar-refractivity contribution in [1.82, 2.24) is 19.4 Å². The summed E-state index contributed by atoms with van der Waals surface area (Å²) in [5, 5.41) is 3.07. The van der Waals surface area contributed by atoms with Crippen molar-refractivity contribution in [1.29, 1.82) is 0 Å². The van der Waals surface area contributed by atoms with Gasteiger partial charge in [0.2, 0.25) is 5.95 Å². The van der Waals surface area contributed by atoms with Gasteiger partial charge in [-0.25, -0.2) is 4.98 Å². The van der Waals surface area contributed by atoms with Crippen LogP contribution in [0.25, 0.3) is 16.8 Å². The highest BCUT2D eigenvalue weighted by Gasteiger charge is 2.15. The number of rotatable bonds is 11. The molecule has 38 heavy (non-hydrogen) atoms. The lowest BCUT2D eigenvalue weighted by atomic mass is 10.0. The van der Waals surface area contributed by atoms with Gasteiger partial charge in [-0.15, -0.1) is 0 Å². The van der Waals surface area contributed by atoms with E-state index in [0.29, 0.717) is 11.5 Å². The number of aryl methyl sites for hydroxylation is 1. The molecule has 5 rings (SSSR count). The minimum absolute atomic E-state index is 0.173. The lowest BCUT2D eigenvalue weighted by Gasteiger charge is -2.26. The number of benzene rings is 2. The summed E-state index contributed by atoms with van der Waals surface area (Å²) in [6.45, 7) is 3.79. The molecule has 3 heterocycles. The summed E-state index contributed by atoms with van der Waals surface area (Å²) in [7, 11) is 0. The number of para-hydroxylation sites is 1. The van der Waals surface area contributed by atoms with Crippen molar-refractivity contribution < 1.29 is 4.79 Å². The fraction of sp³-hybridized carbons (Fsp3) is 0.344. The summed E-state index contributed by atoms with van der Waals surface area (Å²) in [4.78, 5) is 24.8. The van der Waals surface area contributed by atoms with E-state index in [9.17, 15) is 4.79 Å². The summed E-state index contributed by atoms with van der Waals surface area (Å²) in [6.07, 6.45) is 15.4. The summed E-state index contributed by atoms with van der Waals surface area (Å²) < 4.78 is 1.98. The van der Waals surface area contributed by atoms with E-state index in [0.717, 1.165) is 35.3 Å². The Kier molecular flexibility index (Phi) is 8.95. The molecular weight excluding hydrogens is 470 g/mol. The van der Waals surface area contributed by atoms with Crippen molar-refractivity contribution in [3.63, 3.8) is 0 Å². The second kappa shape index (κ2) is 13.2. The van der Waals surface area contributed by atoms with Gasteiger partial charge in [-0.05, 0) is 99.3 Å². The van der Waals surface area contributed by atoms with E-state index in [-0.39, 0.29) is 5.91 Å². The lowest BCUT2D eigenvalue weighted by Crippen LogP contribution is -2.30. The Labute approximate surface area is 225 Å². The normalized spacial score (nSPS) is 13.9. The lowest BCUT2D eigenvalue weighted by molar-refractivity contribution is 0.102. The highest BCUT2D eigenvalue weighted by molar-refractivity contribution is 6.04. The molecule has 1 aliphatic heterocycles. The summed E-state index contributed by atoms with van der Waals surface area (Å²) in [5.74, 6) is 0.378. The van der Waals surface area contributed by atoms with Gasteiger partial charge in [-0.2, -0.15) is 0 Å². The monoisotopic (exact) mass is 507 g/mol. The number of likely N-dealkylation sites (tertiary alicyclic amines) is 1. The van der Waals surface area contributed by atoms with Crippen molar-refractivity contribution >= 4 is 11.9 Å². The van der Waals surface area contributed by atoms with Crippen molar-refractivity contribution in [2.24, 2.45) is 0 Å². The summed E-state index contributed by atoms with van der Waals surface area (Å²) >= 11 is 0. The van der Waals surface area contributed by atoms with Crippen LogP contribution in [0.3, 0.4) is 0 Å². The predicted molar refractivity (Wildman–Crippen MR) is 154 cm³/mol. The Morgan fingerprint density at radius 2 is 1.61 bits per heavy atom. The molecule has 4 aromatic rings. The molecular formula is C32H37N5O. The zero-order chi connectivity index (χ0) is 26.0. The maximum atomic E-state index is 13.3. The van der Waals surface area contributed by atoms with Crippen LogP contribution in [-0.2, 0) is 6.42 Å². The third kappa shape index (κ3) is 6.95. The standard InChI is InChI=1S/C32H37N5O/c38-31(28-13-11-12-27(24-28)26-17-19-33-20-18-26)35-32-34-29(25-37(32)30-15-6-3-7-16-30)14-5-1-2-8-21-36-22-9-4-10-23-36/h3,6-7,11-13,15-20,24-25H,1-2,4-5,8-10,14,21-23H2,(H,34,35,38). The first-order chi connectivity index (χ1) is 18.8. The van der Waals surface area contributed by atoms with E-state index >= 15 is 0 Å². The zero-order valence-corrected chi connectivity index (χ0v) is 22.1. The van der Waals surface area contributed by atoms with Crippen LogP contribution in [0, 0.1) is 0 Å². The average molecular weight is 508 g/mol. The van der Waals surface area contributed by atoms with E-state index < -0.39 is 0 Å². The molecule has 0 unspecified atom stereocenters. The molecule has 1 saturated heterocycles. The molecule has 1 fully saturated rings. The van der Waals surface area contributed by atoms with Gasteiger partial charge in [0.1, 0.15) is 0 Å². The van der Waals surface area contributed by atoms with Gasteiger partial charge in [0.15, 0.2) is 0 Å². The van der Waals surface area contributed by atoms with Crippen LogP contribution in [0.15, 0.2) is 85.3 Å². The van der Waals surface area contributed by atoms with Gasteiger partial charge in [0.25, 0.3) is 5.91 Å². The third-order valence-electron chi connectivity index (χ3n) is 7.26. The Morgan fingerprint density at radius 3 is 2.42 bits per heavy atom. The molecule has 1 amide bonds. The number of amides is 1. The molecule has 0 saturated carbocycles. The number of carbonyl (C=O) groups excluding carboxylic acids is 1. The van der Waals surface area contributed by atoms with Crippen molar-refractivity contribution in [2.45, 2.75) is 51.4 Å². The molecule has 0 radical (unpaired) electrons. The van der Waals surface area contributed by atoms with E-state index in [1.165, 1.54) is 58.2 Å². The number of imidazole rings is 1. The Morgan fingerprint density at radius 1 is 0.816 bits per heavy atom. The number of hydrogen-bond donors (Lipinski definition) is 1. The Hall–Kier alpha value is -3.77. The van der Waals surface area contributed by atoms with Crippen LogP contribution < -0.4 is 5.32 Å². The number of piperidine rings is 1. The van der Waals surface area contributed by atoms with Gasteiger partial charge in [-0.1, -0.05) is 49.6 Å². The molecule has 2 aromatic carbocycles. The van der Waals surface area contributed by atoms with Crippen molar-refractivity contribution in [3.8, 4) is 16.8 Å². The number of nitrogens with one attached hydrogen (secondary N) is 1. The number of pyridine rings is 1. The topological polar surface area (TPSA) is 63.1 Å². The van der Waals surface area contributed by atoms with E-state index in [4.69, 9.17) is 4.98 Å². The maximum absolute atomic E-state index is 13.3. The number of unbranched alkanes of at least 4 members (excludes halogenated alkanes) is 3. The van der Waals surface area contributed by atoms with Gasteiger partial charge in [-0.3, -0.25) is 19.7 Å². The minimum atomic E-state index is -0.173. The fourth-order valence-corrected chi connectivity index (χ4v) is 5.16. The number of anilines is 1. The SMILES string of the molecule is O=C(Nc1nc(CCCCCCN2CCCCC2)cn1-c1ccccc1)c1cccc(-c2ccncc2)c1. The van der Waals surface area contributed by atoms with E-state index in [2.05, 4.69) is 21.4 Å². The Bertz CT molecular complexity index is 1300. The summed E-state index contributed by atoms with van der Waals surface area (Å²) in [6, 6.07) is 21.6. The quantitative estimate of drug-likeness (QED) is 0.227. The zero-order valence-electron chi connectivity index (χ0n) is 22.1. The number of hydrogen-bond acceptors (Lipinski definition) is 4. The first kappa shape index (κ1) is 25.9. The minimum Gasteiger partial charge on any atom is -0.303 e. The number of aromatic nitrogens is 3.